The summed E-state index contributed by atoms with van der Waals surface area (Å²) in [6.45, 7) is 0. The average molecular weight is 425 g/mol. The zero-order chi connectivity index (χ0) is 14.9. The summed E-state index contributed by atoms with van der Waals surface area (Å²) in [7, 11) is 1.68. The Bertz CT molecular complexity index is 629. The Kier molecular flexibility index (Phi) is 5.18. The molecular weight excluding hydrogens is 415 g/mol. The van der Waals surface area contributed by atoms with Gasteiger partial charge in [-0.3, -0.25) is 0 Å². The van der Waals surface area contributed by atoms with Crippen LogP contribution in [0.2, 0.25) is 5.02 Å². The van der Waals surface area contributed by atoms with Gasteiger partial charge in [0.1, 0.15) is 11.6 Å². The number of halogens is 5. The second kappa shape index (κ2) is 6.52. The first kappa shape index (κ1) is 15.9. The van der Waals surface area contributed by atoms with Crippen LogP contribution in [-0.4, -0.2) is 7.05 Å². The van der Waals surface area contributed by atoms with E-state index in [9.17, 15) is 8.78 Å². The minimum atomic E-state index is -0.527. The van der Waals surface area contributed by atoms with Crippen LogP contribution in [0.25, 0.3) is 0 Å². The van der Waals surface area contributed by atoms with Crippen molar-refractivity contribution in [3.63, 3.8) is 0 Å². The fourth-order valence-corrected chi connectivity index (χ4v) is 2.97. The highest BCUT2D eigenvalue weighted by Gasteiger charge is 2.20. The quantitative estimate of drug-likeness (QED) is 0.645. The maximum absolute atomic E-state index is 14.3. The second-order valence-electron chi connectivity index (χ2n) is 4.19. The molecule has 0 fully saturated rings. The highest BCUT2D eigenvalue weighted by molar-refractivity contribution is 9.10. The van der Waals surface area contributed by atoms with Gasteiger partial charge in [-0.1, -0.05) is 33.6 Å². The molecule has 0 amide bonds. The summed E-state index contributed by atoms with van der Waals surface area (Å²) >= 11 is 12.3. The van der Waals surface area contributed by atoms with Crippen molar-refractivity contribution < 1.29 is 8.78 Å². The predicted octanol–water partition coefficient (Wildman–Crippen LogP) is 5.45. The van der Waals surface area contributed by atoms with E-state index in [1.165, 1.54) is 12.1 Å². The van der Waals surface area contributed by atoms with Gasteiger partial charge >= 0.3 is 0 Å². The van der Waals surface area contributed by atoms with Crippen LogP contribution in [0.4, 0.5) is 8.78 Å². The molecule has 0 aliphatic heterocycles. The van der Waals surface area contributed by atoms with Crippen molar-refractivity contribution in [2.75, 3.05) is 7.05 Å². The van der Waals surface area contributed by atoms with Crippen LogP contribution in [0.15, 0.2) is 39.3 Å². The number of hydrogen-bond acceptors (Lipinski definition) is 1. The fourth-order valence-electron chi connectivity index (χ4n) is 2.01. The molecule has 1 N–H and O–H groups in total. The van der Waals surface area contributed by atoms with Crippen molar-refractivity contribution in [3.05, 3.63) is 67.1 Å². The molecule has 1 unspecified atom stereocenters. The SMILES string of the molecule is CNC(c1cc(F)cc(Br)c1)c1ccc(Br)c(Cl)c1F. The Balaban J connectivity index is 2.55. The number of hydrogen-bond donors (Lipinski definition) is 1. The van der Waals surface area contributed by atoms with E-state index in [1.54, 1.807) is 25.2 Å². The minimum Gasteiger partial charge on any atom is -0.309 e. The highest BCUT2D eigenvalue weighted by atomic mass is 79.9. The lowest BCUT2D eigenvalue weighted by Crippen LogP contribution is -2.19. The van der Waals surface area contributed by atoms with Crippen molar-refractivity contribution >= 4 is 43.5 Å². The molecule has 2 aromatic rings. The van der Waals surface area contributed by atoms with Crippen molar-refractivity contribution in [1.29, 1.82) is 0 Å². The van der Waals surface area contributed by atoms with Crippen molar-refractivity contribution in [1.82, 2.24) is 5.32 Å². The van der Waals surface area contributed by atoms with Crippen molar-refractivity contribution in [2.24, 2.45) is 0 Å². The summed E-state index contributed by atoms with van der Waals surface area (Å²) < 4.78 is 28.9. The lowest BCUT2D eigenvalue weighted by Gasteiger charge is -2.19. The average Bonchev–Trinajstić information content (AvgIpc) is 2.38. The van der Waals surface area contributed by atoms with Gasteiger partial charge in [-0.25, -0.2) is 8.78 Å². The summed E-state index contributed by atoms with van der Waals surface area (Å²) in [4.78, 5) is 0. The molecule has 0 aromatic heterocycles. The molecule has 0 bridgehead atoms. The van der Waals surface area contributed by atoms with Gasteiger partial charge in [0.2, 0.25) is 0 Å². The molecule has 1 nitrogen and oxygen atoms in total. The molecule has 0 radical (unpaired) electrons. The summed E-state index contributed by atoms with van der Waals surface area (Å²) in [5, 5.41) is 2.99. The molecule has 0 aliphatic rings. The summed E-state index contributed by atoms with van der Waals surface area (Å²) in [5.74, 6) is -0.918. The Hall–Kier alpha value is -0.490. The van der Waals surface area contributed by atoms with E-state index in [1.807, 2.05) is 0 Å². The second-order valence-corrected chi connectivity index (χ2v) is 6.34. The maximum Gasteiger partial charge on any atom is 0.148 e. The smallest absolute Gasteiger partial charge is 0.148 e. The molecule has 20 heavy (non-hydrogen) atoms. The molecule has 0 saturated heterocycles. The van der Waals surface area contributed by atoms with Crippen LogP contribution >= 0.6 is 43.5 Å². The summed E-state index contributed by atoms with van der Waals surface area (Å²) in [5.41, 5.74) is 0.967. The Morgan fingerprint density at radius 1 is 1.15 bits per heavy atom. The highest BCUT2D eigenvalue weighted by Crippen LogP contribution is 2.33. The van der Waals surface area contributed by atoms with Gasteiger partial charge in [-0.2, -0.15) is 0 Å². The van der Waals surface area contributed by atoms with Gasteiger partial charge in [0.15, 0.2) is 0 Å². The van der Waals surface area contributed by atoms with E-state index in [0.717, 1.165) is 0 Å². The lowest BCUT2D eigenvalue weighted by atomic mass is 9.98. The van der Waals surface area contributed by atoms with Gasteiger partial charge in [0.05, 0.1) is 11.1 Å². The Labute approximate surface area is 137 Å². The molecule has 0 spiro atoms. The van der Waals surface area contributed by atoms with Gasteiger partial charge < -0.3 is 5.32 Å². The van der Waals surface area contributed by atoms with Gasteiger partial charge in [-0.05, 0) is 52.8 Å². The van der Waals surface area contributed by atoms with Crippen LogP contribution in [0.3, 0.4) is 0 Å². The van der Waals surface area contributed by atoms with E-state index >= 15 is 0 Å². The van der Waals surface area contributed by atoms with E-state index in [4.69, 9.17) is 11.6 Å². The van der Waals surface area contributed by atoms with E-state index in [0.29, 0.717) is 20.1 Å². The van der Waals surface area contributed by atoms with Gasteiger partial charge in [0.25, 0.3) is 0 Å². The molecule has 6 heteroatoms. The normalized spacial score (nSPS) is 12.5. The van der Waals surface area contributed by atoms with Crippen LogP contribution in [0.5, 0.6) is 0 Å². The van der Waals surface area contributed by atoms with Crippen LogP contribution in [-0.2, 0) is 0 Å². The van der Waals surface area contributed by atoms with Crippen molar-refractivity contribution in [2.45, 2.75) is 6.04 Å². The first-order valence-electron chi connectivity index (χ1n) is 5.70. The molecule has 1 atom stereocenters. The number of rotatable bonds is 3. The molecule has 2 aromatic carbocycles. The zero-order valence-corrected chi connectivity index (χ0v) is 14.3. The zero-order valence-electron chi connectivity index (χ0n) is 10.4. The molecule has 0 saturated carbocycles. The predicted molar refractivity (Wildman–Crippen MR) is 84.1 cm³/mol. The van der Waals surface area contributed by atoms with Crippen LogP contribution in [0.1, 0.15) is 17.2 Å². The standard InChI is InChI=1S/C14H10Br2ClF2N/c1-20-14(7-4-8(15)6-9(18)5-7)10-2-3-11(16)12(17)13(10)19/h2-6,14,20H,1H3. The Morgan fingerprint density at radius 2 is 1.85 bits per heavy atom. The van der Waals surface area contributed by atoms with E-state index in [-0.39, 0.29) is 5.02 Å². The van der Waals surface area contributed by atoms with E-state index in [2.05, 4.69) is 37.2 Å². The minimum absolute atomic E-state index is 0.0122. The largest absolute Gasteiger partial charge is 0.309 e. The lowest BCUT2D eigenvalue weighted by molar-refractivity contribution is 0.571. The molecule has 106 valence electrons. The monoisotopic (exact) mass is 423 g/mol. The first-order chi connectivity index (χ1) is 9.43. The first-order valence-corrected chi connectivity index (χ1v) is 7.67. The Morgan fingerprint density at radius 3 is 2.45 bits per heavy atom. The third-order valence-corrected chi connectivity index (χ3v) is 4.60. The third-order valence-electron chi connectivity index (χ3n) is 2.88. The summed E-state index contributed by atoms with van der Waals surface area (Å²) in [6, 6.07) is 7.24. The maximum atomic E-state index is 14.3. The number of benzene rings is 2. The topological polar surface area (TPSA) is 12.0 Å². The van der Waals surface area contributed by atoms with Gasteiger partial charge in [-0.15, -0.1) is 0 Å². The van der Waals surface area contributed by atoms with Gasteiger partial charge in [0, 0.05) is 14.5 Å². The fraction of sp³-hybridized carbons (Fsp3) is 0.143. The molecule has 0 aliphatic carbocycles. The molecule has 2 rings (SSSR count). The van der Waals surface area contributed by atoms with Crippen LogP contribution in [0, 0.1) is 11.6 Å². The molecule has 0 heterocycles. The van der Waals surface area contributed by atoms with E-state index < -0.39 is 17.7 Å². The molecular formula is C14H10Br2ClF2N. The summed E-state index contributed by atoms with van der Waals surface area (Å²) in [6.07, 6.45) is 0. The van der Waals surface area contributed by atoms with Crippen LogP contribution < -0.4 is 5.32 Å². The number of nitrogens with one attached hydrogen (secondary N) is 1. The third kappa shape index (κ3) is 3.22. The van der Waals surface area contributed by atoms with Crippen molar-refractivity contribution in [3.8, 4) is 0 Å².